The summed E-state index contributed by atoms with van der Waals surface area (Å²) in [7, 11) is 6.54. The maximum absolute atomic E-state index is 13.3. The fourth-order valence-electron chi connectivity index (χ4n) is 6.44. The van der Waals surface area contributed by atoms with Crippen molar-refractivity contribution in [3.63, 3.8) is 0 Å². The molecule has 1 aromatic carbocycles. The fraction of sp³-hybridized carbons (Fsp3) is 0.500. The maximum Gasteiger partial charge on any atom is 0.166 e. The lowest BCUT2D eigenvalue weighted by Gasteiger charge is -2.51. The summed E-state index contributed by atoms with van der Waals surface area (Å²) in [6, 6.07) is 5.90. The summed E-state index contributed by atoms with van der Waals surface area (Å²) >= 11 is 0. The topological polar surface area (TPSA) is 54.0 Å². The molecule has 1 unspecified atom stereocenters. The monoisotopic (exact) mass is 370 g/mol. The summed E-state index contributed by atoms with van der Waals surface area (Å²) in [4.78, 5) is 13.3. The lowest BCUT2D eigenvalue weighted by atomic mass is 9.49. The minimum Gasteiger partial charge on any atom is -0.498 e. The third-order valence-electron chi connectivity index (χ3n) is 7.20. The highest BCUT2D eigenvalue weighted by Crippen LogP contribution is 2.92. The predicted molar refractivity (Wildman–Crippen MR) is 101 cm³/mol. The number of methoxy groups -OCH3 is 4. The molecule has 3 aliphatic rings. The number of benzene rings is 1. The summed E-state index contributed by atoms with van der Waals surface area (Å²) in [5, 5.41) is 0. The first-order valence-electron chi connectivity index (χ1n) is 9.12. The van der Waals surface area contributed by atoms with E-state index in [0.29, 0.717) is 23.7 Å². The van der Waals surface area contributed by atoms with Gasteiger partial charge in [0.1, 0.15) is 11.4 Å². The number of allylic oxidation sites excluding steroid dienone is 2. The number of carbonyl (C=O) groups excluding carboxylic acids is 1. The van der Waals surface area contributed by atoms with Crippen molar-refractivity contribution in [3.8, 4) is 11.5 Å². The van der Waals surface area contributed by atoms with E-state index in [-0.39, 0.29) is 23.0 Å². The van der Waals surface area contributed by atoms with E-state index in [4.69, 9.17) is 18.9 Å². The maximum atomic E-state index is 13.3. The summed E-state index contributed by atoms with van der Waals surface area (Å²) in [6.45, 7) is 6.11. The van der Waals surface area contributed by atoms with Gasteiger partial charge in [0.25, 0.3) is 0 Å². The molecule has 1 aromatic rings. The van der Waals surface area contributed by atoms with Crippen LogP contribution in [0.4, 0.5) is 0 Å². The first kappa shape index (κ1) is 18.1. The van der Waals surface area contributed by atoms with Gasteiger partial charge in [-0.25, -0.2) is 0 Å². The van der Waals surface area contributed by atoms with Crippen molar-refractivity contribution >= 4 is 5.78 Å². The highest BCUT2D eigenvalue weighted by Gasteiger charge is 2.97. The van der Waals surface area contributed by atoms with Gasteiger partial charge < -0.3 is 18.9 Å². The van der Waals surface area contributed by atoms with Crippen LogP contribution in [0.15, 0.2) is 42.7 Å². The van der Waals surface area contributed by atoms with Crippen LogP contribution >= 0.6 is 0 Å². The van der Waals surface area contributed by atoms with Crippen molar-refractivity contribution in [3.05, 3.63) is 48.3 Å². The van der Waals surface area contributed by atoms with Gasteiger partial charge in [0, 0.05) is 30.4 Å². The molecule has 4 rings (SSSR count). The largest absolute Gasteiger partial charge is 0.498 e. The van der Waals surface area contributed by atoms with Gasteiger partial charge >= 0.3 is 0 Å². The first-order chi connectivity index (χ1) is 12.9. The van der Waals surface area contributed by atoms with Gasteiger partial charge in [-0.05, 0) is 24.1 Å². The Hall–Kier alpha value is -2.27. The molecule has 5 heteroatoms. The first-order valence-corrected chi connectivity index (χ1v) is 9.12. The molecule has 0 heterocycles. The van der Waals surface area contributed by atoms with Crippen LogP contribution < -0.4 is 9.47 Å². The number of rotatable bonds is 7. The van der Waals surface area contributed by atoms with Crippen LogP contribution in [0.1, 0.15) is 24.8 Å². The van der Waals surface area contributed by atoms with E-state index < -0.39 is 11.0 Å². The van der Waals surface area contributed by atoms with Gasteiger partial charge in [-0.3, -0.25) is 4.79 Å². The fourth-order valence-corrected chi connectivity index (χ4v) is 6.44. The second-order valence-electron chi connectivity index (χ2n) is 7.81. The van der Waals surface area contributed by atoms with Crippen LogP contribution in [0.5, 0.6) is 11.5 Å². The Morgan fingerprint density at radius 3 is 2.37 bits per heavy atom. The van der Waals surface area contributed by atoms with Crippen LogP contribution in [0.3, 0.4) is 0 Å². The molecule has 0 amide bonds. The highest BCUT2D eigenvalue weighted by molar-refractivity contribution is 6.02. The lowest BCUT2D eigenvalue weighted by Crippen LogP contribution is -2.51. The van der Waals surface area contributed by atoms with E-state index >= 15 is 0 Å². The summed E-state index contributed by atoms with van der Waals surface area (Å²) in [5.41, 5.74) is -0.311. The molecule has 2 saturated carbocycles. The molecule has 0 spiro atoms. The number of fused-ring (bicyclic) bond motifs is 1. The Bertz CT molecular complexity index is 858. The van der Waals surface area contributed by atoms with Crippen molar-refractivity contribution in [2.45, 2.75) is 24.9 Å². The minimum atomic E-state index is -0.573. The molecule has 0 bridgehead atoms. The molecule has 0 saturated heterocycles. The highest BCUT2D eigenvalue weighted by atomic mass is 16.5. The molecule has 0 aromatic heterocycles. The van der Waals surface area contributed by atoms with Crippen molar-refractivity contribution in [2.75, 3.05) is 28.4 Å². The van der Waals surface area contributed by atoms with Gasteiger partial charge in [0.15, 0.2) is 17.3 Å². The third-order valence-corrected chi connectivity index (χ3v) is 7.20. The Balaban J connectivity index is 1.90. The van der Waals surface area contributed by atoms with Crippen LogP contribution in [-0.2, 0) is 14.3 Å². The number of ether oxygens (including phenoxy) is 4. The molecule has 3 aliphatic carbocycles. The van der Waals surface area contributed by atoms with Gasteiger partial charge in [0.2, 0.25) is 0 Å². The third kappa shape index (κ3) is 1.72. The normalized spacial score (nSPS) is 38.3. The number of hydrogen-bond donors (Lipinski definition) is 0. The van der Waals surface area contributed by atoms with Gasteiger partial charge in [-0.1, -0.05) is 19.1 Å². The molecule has 144 valence electrons. The average molecular weight is 370 g/mol. The van der Waals surface area contributed by atoms with Gasteiger partial charge in [-0.2, -0.15) is 0 Å². The van der Waals surface area contributed by atoms with Crippen molar-refractivity contribution in [1.82, 2.24) is 0 Å². The molecule has 5 atom stereocenters. The Kier molecular flexibility index (Phi) is 3.77. The zero-order valence-electron chi connectivity index (χ0n) is 16.5. The molecule has 2 fully saturated rings. The van der Waals surface area contributed by atoms with E-state index in [1.165, 1.54) is 0 Å². The van der Waals surface area contributed by atoms with Crippen LogP contribution in [-0.4, -0.2) is 39.8 Å². The predicted octanol–water partition coefficient (Wildman–Crippen LogP) is 3.50. The number of hydrogen-bond acceptors (Lipinski definition) is 5. The van der Waals surface area contributed by atoms with Crippen LogP contribution in [0.25, 0.3) is 0 Å². The summed E-state index contributed by atoms with van der Waals surface area (Å²) in [5.74, 6) is 2.10. The number of ketones is 1. The van der Waals surface area contributed by atoms with Crippen molar-refractivity contribution in [2.24, 2.45) is 16.7 Å². The van der Waals surface area contributed by atoms with E-state index in [0.717, 1.165) is 5.56 Å². The van der Waals surface area contributed by atoms with E-state index in [1.807, 2.05) is 24.3 Å². The Labute approximate surface area is 159 Å². The van der Waals surface area contributed by atoms with E-state index in [1.54, 1.807) is 34.5 Å². The molecular weight excluding hydrogens is 344 g/mol. The quantitative estimate of drug-likeness (QED) is 0.688. The van der Waals surface area contributed by atoms with E-state index in [2.05, 4.69) is 13.5 Å². The Morgan fingerprint density at radius 1 is 1.11 bits per heavy atom. The minimum absolute atomic E-state index is 0.0239. The zero-order valence-corrected chi connectivity index (χ0v) is 16.5. The molecule has 0 N–H and O–H groups in total. The van der Waals surface area contributed by atoms with Crippen molar-refractivity contribution in [1.29, 1.82) is 0 Å². The van der Waals surface area contributed by atoms with Gasteiger partial charge in [-0.15, -0.1) is 6.58 Å². The van der Waals surface area contributed by atoms with Crippen LogP contribution in [0, 0.1) is 16.7 Å². The molecule has 27 heavy (non-hydrogen) atoms. The van der Waals surface area contributed by atoms with E-state index in [9.17, 15) is 4.79 Å². The average Bonchev–Trinajstić information content (AvgIpc) is 3.20. The zero-order chi connectivity index (χ0) is 19.6. The standard InChI is InChI=1S/C22H26O5/c1-7-10-21-16(23)12-17(26-5)22(27-6)19(21)20(22,2)18(21)13-8-9-14(24-3)15(11-13)25-4/h7-9,11-12,18-19H,1,10H2,2-6H3/t18-,19?,20-,21+,22-/m0/s1. The lowest BCUT2D eigenvalue weighted by molar-refractivity contribution is -0.135. The number of carbonyl (C=O) groups is 1. The second-order valence-corrected chi connectivity index (χ2v) is 7.81. The molecule has 5 nitrogen and oxygen atoms in total. The molecule has 0 radical (unpaired) electrons. The van der Waals surface area contributed by atoms with Gasteiger partial charge in [0.05, 0.1) is 26.7 Å². The molecule has 0 aliphatic heterocycles. The summed E-state index contributed by atoms with van der Waals surface area (Å²) in [6.07, 6.45) is 4.08. The SMILES string of the molecule is C=CC[C@]12C(=O)C=C(OC)[C@]3(OC)C1[C@]3(C)[C@@H]2c1ccc(OC)c(OC)c1. The smallest absolute Gasteiger partial charge is 0.166 e. The van der Waals surface area contributed by atoms with Crippen LogP contribution in [0.2, 0.25) is 0 Å². The van der Waals surface area contributed by atoms with Crippen molar-refractivity contribution < 1.29 is 23.7 Å². The summed E-state index contributed by atoms with van der Waals surface area (Å²) < 4.78 is 22.5. The Morgan fingerprint density at radius 2 is 1.81 bits per heavy atom. The second kappa shape index (κ2) is 5.61. The molecular formula is C22H26O5.